The number of rotatable bonds is 7. The van der Waals surface area contributed by atoms with Crippen LogP contribution < -0.4 is 15.5 Å². The highest BCUT2D eigenvalue weighted by Crippen LogP contribution is 2.27. The molecule has 0 aliphatic rings. The summed E-state index contributed by atoms with van der Waals surface area (Å²) < 4.78 is -1.57. The third-order valence-electron chi connectivity index (χ3n) is 2.92. The van der Waals surface area contributed by atoms with Gasteiger partial charge in [0.25, 0.3) is 3.79 Å². The van der Waals surface area contributed by atoms with Gasteiger partial charge in [-0.05, 0) is 11.6 Å². The van der Waals surface area contributed by atoms with Gasteiger partial charge in [-0.25, -0.2) is 0 Å². The van der Waals surface area contributed by atoms with Crippen molar-refractivity contribution in [1.82, 2.24) is 5.32 Å². The number of carbonyl (C=O) groups excluding carboxylic acids is 1. The molecule has 0 spiro atoms. The summed E-state index contributed by atoms with van der Waals surface area (Å²) in [4.78, 5) is 13.3. The van der Waals surface area contributed by atoms with Crippen molar-refractivity contribution in [2.75, 3.05) is 27.2 Å². The highest BCUT2D eigenvalue weighted by molar-refractivity contribution is 6.68. The van der Waals surface area contributed by atoms with E-state index in [4.69, 9.17) is 34.8 Å². The van der Waals surface area contributed by atoms with Crippen molar-refractivity contribution in [2.24, 2.45) is 0 Å². The summed E-state index contributed by atoms with van der Waals surface area (Å²) in [7, 11) is 4.08. The van der Waals surface area contributed by atoms with E-state index in [9.17, 15) is 4.79 Å². The van der Waals surface area contributed by atoms with Crippen molar-refractivity contribution in [3.05, 3.63) is 42.0 Å². The van der Waals surface area contributed by atoms with E-state index in [-0.39, 0.29) is 5.91 Å². The molecule has 1 amide bonds. The first-order chi connectivity index (χ1) is 10.3. The minimum absolute atomic E-state index is 0.298. The van der Waals surface area contributed by atoms with E-state index in [0.29, 0.717) is 0 Å². The maximum Gasteiger partial charge on any atom is 0.262 e. The molecule has 122 valence electrons. The minimum atomic E-state index is -1.57. The first kappa shape index (κ1) is 19.3. The smallest absolute Gasteiger partial charge is 0.262 e. The number of halogens is 3. The molecule has 1 aromatic rings. The van der Waals surface area contributed by atoms with Crippen molar-refractivity contribution in [3.63, 3.8) is 0 Å². The highest BCUT2D eigenvalue weighted by Gasteiger charge is 2.37. The van der Waals surface area contributed by atoms with Gasteiger partial charge in [0.2, 0.25) is 12.1 Å². The van der Waals surface area contributed by atoms with Crippen molar-refractivity contribution >= 4 is 46.8 Å². The van der Waals surface area contributed by atoms with E-state index >= 15 is 0 Å². The topological polar surface area (TPSA) is 50.1 Å². The largest absolute Gasteiger partial charge is 0.335 e. The Kier molecular flexibility index (Phi) is 8.21. The summed E-state index contributed by atoms with van der Waals surface area (Å²) in [5.41, 5.74) is 0.934. The number of alkyl halides is 3. The number of amides is 1. The Morgan fingerprint density at radius 2 is 1.95 bits per heavy atom. The molecule has 1 rings (SSSR count). The normalized spacial score (nSPS) is 13.5. The van der Waals surface area contributed by atoms with Gasteiger partial charge in [-0.3, -0.25) is 10.1 Å². The zero-order valence-electron chi connectivity index (χ0n) is 12.7. The number of nitrogens with one attached hydrogen (secondary N) is 2. The van der Waals surface area contributed by atoms with Crippen molar-refractivity contribution < 1.29 is 15.0 Å². The molecule has 1 atom stereocenters. The maximum atomic E-state index is 12.0. The number of hydrogen-bond acceptors (Lipinski definition) is 1. The molecule has 0 saturated heterocycles. The lowest BCUT2D eigenvalue weighted by molar-refractivity contribution is -0.877. The van der Waals surface area contributed by atoms with Crippen LogP contribution in [0.1, 0.15) is 5.56 Å². The molecule has 0 aromatic heterocycles. The highest BCUT2D eigenvalue weighted by atomic mass is 35.6. The monoisotopic (exact) mass is 365 g/mol. The summed E-state index contributed by atoms with van der Waals surface area (Å²) >= 11 is 17.8. The Morgan fingerprint density at radius 3 is 2.50 bits per heavy atom. The van der Waals surface area contributed by atoms with Crippen LogP contribution in [0.5, 0.6) is 0 Å². The summed E-state index contributed by atoms with van der Waals surface area (Å²) in [6.45, 7) is 1.64. The molecule has 0 heterocycles. The van der Waals surface area contributed by atoms with Crippen LogP contribution in [-0.2, 0) is 4.79 Å². The minimum Gasteiger partial charge on any atom is -0.335 e. The SMILES string of the molecule is C[NH+](C)CC[NH2+][C@@H](NC(=O)/C=C/c1ccccc1)C(Cl)(Cl)Cl. The quantitative estimate of drug-likeness (QED) is 0.361. The van der Waals surface area contributed by atoms with Gasteiger partial charge in [-0.2, -0.15) is 0 Å². The van der Waals surface area contributed by atoms with Crippen LogP contribution in [0.25, 0.3) is 6.08 Å². The Balaban J connectivity index is 2.57. The number of quaternary nitrogens is 2. The van der Waals surface area contributed by atoms with E-state index in [1.807, 2.05) is 49.7 Å². The Labute approximate surface area is 146 Å². The molecule has 0 saturated carbocycles. The fraction of sp³-hybridized carbons (Fsp3) is 0.400. The zero-order chi connectivity index (χ0) is 16.6. The average Bonchev–Trinajstić information content (AvgIpc) is 2.44. The van der Waals surface area contributed by atoms with Gasteiger partial charge in [-0.1, -0.05) is 65.1 Å². The number of nitrogens with two attached hydrogens (primary N) is 1. The third-order valence-corrected chi connectivity index (χ3v) is 3.63. The van der Waals surface area contributed by atoms with Gasteiger partial charge in [0.05, 0.1) is 14.1 Å². The second kappa shape index (κ2) is 9.38. The molecule has 1 aromatic carbocycles. The zero-order valence-corrected chi connectivity index (χ0v) is 14.9. The van der Waals surface area contributed by atoms with E-state index in [0.717, 1.165) is 18.7 Å². The molecule has 0 aliphatic carbocycles. The van der Waals surface area contributed by atoms with Gasteiger partial charge in [0.15, 0.2) is 0 Å². The van der Waals surface area contributed by atoms with E-state index in [2.05, 4.69) is 5.32 Å². The second-order valence-corrected chi connectivity index (χ2v) is 7.62. The number of benzene rings is 1. The molecule has 4 nitrogen and oxygen atoms in total. The lowest BCUT2D eigenvalue weighted by Gasteiger charge is -2.23. The molecule has 22 heavy (non-hydrogen) atoms. The van der Waals surface area contributed by atoms with Crippen LogP contribution in [0, 0.1) is 0 Å². The molecule has 4 N–H and O–H groups in total. The van der Waals surface area contributed by atoms with E-state index in [1.54, 1.807) is 6.08 Å². The number of likely N-dealkylation sites (N-methyl/N-ethyl adjacent to an activating group) is 1. The van der Waals surface area contributed by atoms with Crippen molar-refractivity contribution in [1.29, 1.82) is 0 Å². The van der Waals surface area contributed by atoms with Crippen molar-refractivity contribution in [3.8, 4) is 0 Å². The first-order valence-corrected chi connectivity index (χ1v) is 8.15. The lowest BCUT2D eigenvalue weighted by Crippen LogP contribution is -3.10. The molecule has 0 radical (unpaired) electrons. The maximum absolute atomic E-state index is 12.0. The molecular formula is C15H22Cl3N3O+2. The first-order valence-electron chi connectivity index (χ1n) is 7.01. The lowest BCUT2D eigenvalue weighted by atomic mass is 10.2. The van der Waals surface area contributed by atoms with E-state index < -0.39 is 9.96 Å². The predicted molar refractivity (Wildman–Crippen MR) is 92.2 cm³/mol. The molecule has 0 bridgehead atoms. The van der Waals surface area contributed by atoms with Crippen LogP contribution in [0.15, 0.2) is 36.4 Å². The van der Waals surface area contributed by atoms with Crippen LogP contribution >= 0.6 is 34.8 Å². The number of hydrogen-bond donors (Lipinski definition) is 3. The molecule has 7 heteroatoms. The molecule has 0 unspecified atom stereocenters. The molecular weight excluding hydrogens is 345 g/mol. The molecule has 0 aliphatic heterocycles. The number of carbonyl (C=O) groups is 1. The third kappa shape index (κ3) is 8.01. The van der Waals surface area contributed by atoms with Gasteiger partial charge in [-0.15, -0.1) is 0 Å². The van der Waals surface area contributed by atoms with Crippen LogP contribution in [-0.4, -0.2) is 43.1 Å². The summed E-state index contributed by atoms with van der Waals surface area (Å²) in [6.07, 6.45) is 2.52. The Morgan fingerprint density at radius 1 is 1.32 bits per heavy atom. The summed E-state index contributed by atoms with van der Waals surface area (Å²) in [6, 6.07) is 9.53. The van der Waals surface area contributed by atoms with Crippen LogP contribution in [0.3, 0.4) is 0 Å². The second-order valence-electron chi connectivity index (χ2n) is 5.25. The summed E-state index contributed by atoms with van der Waals surface area (Å²) in [5.74, 6) is -0.298. The standard InChI is InChI=1S/C15H20Cl3N3O/c1-21(2)11-10-19-14(15(16,17)18)20-13(22)9-8-12-6-4-3-5-7-12/h3-9,14,19H,10-11H2,1-2H3,(H,20,22)/p+2/b9-8+/t14-/m0/s1. The predicted octanol–water partition coefficient (Wildman–Crippen LogP) is 0.220. The van der Waals surface area contributed by atoms with Crippen molar-refractivity contribution in [2.45, 2.75) is 9.96 Å². The fourth-order valence-electron chi connectivity index (χ4n) is 1.75. The van der Waals surface area contributed by atoms with Gasteiger partial charge < -0.3 is 10.2 Å². The van der Waals surface area contributed by atoms with Crippen LogP contribution in [0.2, 0.25) is 0 Å². The van der Waals surface area contributed by atoms with Gasteiger partial charge in [0.1, 0.15) is 13.1 Å². The fourth-order valence-corrected chi connectivity index (χ4v) is 2.18. The van der Waals surface area contributed by atoms with Gasteiger partial charge >= 0.3 is 0 Å². The molecule has 0 fully saturated rings. The van der Waals surface area contributed by atoms with E-state index in [1.165, 1.54) is 11.0 Å². The summed E-state index contributed by atoms with van der Waals surface area (Å²) in [5, 5.41) is 4.54. The van der Waals surface area contributed by atoms with Crippen LogP contribution in [0.4, 0.5) is 0 Å². The Bertz CT molecular complexity index is 487. The van der Waals surface area contributed by atoms with Gasteiger partial charge in [0, 0.05) is 6.08 Å². The average molecular weight is 367 g/mol. The Hall–Kier alpha value is -0.780.